The van der Waals surface area contributed by atoms with Crippen LogP contribution in [0, 0.1) is 0 Å². The van der Waals surface area contributed by atoms with E-state index >= 15 is 0 Å². The Labute approximate surface area is 187 Å². The van der Waals surface area contributed by atoms with Crippen LogP contribution in [0.15, 0.2) is 48.6 Å². The van der Waals surface area contributed by atoms with Crippen molar-refractivity contribution in [2.45, 2.75) is 46.8 Å². The second-order valence-electron chi connectivity index (χ2n) is 7.85. The van der Waals surface area contributed by atoms with E-state index in [1.165, 1.54) is 22.3 Å². The van der Waals surface area contributed by atoms with Gasteiger partial charge in [-0.1, -0.05) is 0 Å². The Morgan fingerprint density at radius 1 is 0.667 bits per heavy atom. The van der Waals surface area contributed by atoms with Crippen molar-refractivity contribution >= 4 is 12.2 Å². The van der Waals surface area contributed by atoms with Crippen LogP contribution in [0.25, 0.3) is 12.2 Å². The first kappa shape index (κ1) is 22.7. The predicted molar refractivity (Wildman–Crippen MR) is 105 cm³/mol. The molecule has 0 nitrogen and oxygen atoms in total. The summed E-state index contributed by atoms with van der Waals surface area (Å²) in [4.78, 5) is 0. The van der Waals surface area contributed by atoms with Crippen molar-refractivity contribution in [3.05, 3.63) is 81.9 Å². The smallest absolute Gasteiger partial charge is 1.00 e. The van der Waals surface area contributed by atoms with Gasteiger partial charge in [-0.25, -0.2) is 0 Å². The summed E-state index contributed by atoms with van der Waals surface area (Å²) < 4.78 is 1.42. The number of allylic oxidation sites excluding steroid dienone is 2. The normalized spacial score (nSPS) is 18.7. The minimum Gasteiger partial charge on any atom is -1.00 e. The van der Waals surface area contributed by atoms with Crippen LogP contribution in [0.5, 0.6) is 0 Å². The molecule has 2 aromatic rings. The van der Waals surface area contributed by atoms with Gasteiger partial charge in [0.15, 0.2) is 0 Å². The van der Waals surface area contributed by atoms with Crippen molar-refractivity contribution in [2.75, 3.05) is 0 Å². The molecule has 140 valence electrons. The Morgan fingerprint density at radius 3 is 1.44 bits per heavy atom. The van der Waals surface area contributed by atoms with E-state index in [1.807, 2.05) is 0 Å². The maximum absolute atomic E-state index is 2.50. The van der Waals surface area contributed by atoms with E-state index in [0.29, 0.717) is 19.1 Å². The molecular formula is C24H26Cl2Zr. The van der Waals surface area contributed by atoms with E-state index in [1.54, 1.807) is 11.1 Å². The molecule has 0 N–H and O–H groups in total. The van der Waals surface area contributed by atoms with Gasteiger partial charge in [0.25, 0.3) is 0 Å². The Morgan fingerprint density at radius 2 is 1.07 bits per heavy atom. The molecule has 2 aromatic carbocycles. The van der Waals surface area contributed by atoms with E-state index < -0.39 is 23.2 Å². The molecule has 0 saturated carbocycles. The maximum atomic E-state index is 2.50. The van der Waals surface area contributed by atoms with Crippen LogP contribution in [-0.4, -0.2) is 0 Å². The molecule has 0 bridgehead atoms. The van der Waals surface area contributed by atoms with Crippen LogP contribution >= 0.6 is 0 Å². The van der Waals surface area contributed by atoms with Crippen molar-refractivity contribution < 1.29 is 48.0 Å². The van der Waals surface area contributed by atoms with Crippen LogP contribution in [0.3, 0.4) is 0 Å². The summed E-state index contributed by atoms with van der Waals surface area (Å²) in [6.45, 7) is 9.22. The Balaban J connectivity index is 0.00000131. The molecule has 2 aliphatic carbocycles. The van der Waals surface area contributed by atoms with Gasteiger partial charge in [0.2, 0.25) is 0 Å². The zero-order chi connectivity index (χ0) is 17.6. The quantitative estimate of drug-likeness (QED) is 0.614. The number of hydrogen-bond donors (Lipinski definition) is 0. The molecule has 4 rings (SSSR count). The fourth-order valence-electron chi connectivity index (χ4n) is 4.21. The fourth-order valence-corrected chi connectivity index (χ4v) is 8.30. The molecule has 0 spiro atoms. The van der Waals surface area contributed by atoms with Crippen molar-refractivity contribution in [1.29, 1.82) is 0 Å². The van der Waals surface area contributed by atoms with Gasteiger partial charge in [0.1, 0.15) is 0 Å². The molecule has 0 amide bonds. The molecule has 2 atom stereocenters. The number of hydrogen-bond acceptors (Lipinski definition) is 0. The maximum Gasteiger partial charge on any atom is -1.00 e. The molecule has 2 aliphatic rings. The Kier molecular flexibility index (Phi) is 7.77. The van der Waals surface area contributed by atoms with Gasteiger partial charge in [-0.2, -0.15) is 0 Å². The standard InChI is InChI=1S/2C12H13.2ClH.Zr/c2*1-9(2)11-7-3-5-10-6-4-8-12(10)11;;;/h2*3-9H,1-2H3;2*1H;/q;;;;+2/p-2. The molecule has 0 aromatic heterocycles. The van der Waals surface area contributed by atoms with E-state index in [9.17, 15) is 0 Å². The van der Waals surface area contributed by atoms with E-state index in [0.717, 1.165) is 0 Å². The number of rotatable bonds is 4. The van der Waals surface area contributed by atoms with Crippen molar-refractivity contribution in [3.8, 4) is 0 Å². The third-order valence-corrected chi connectivity index (χ3v) is 9.77. The average molecular weight is 477 g/mol. The number of fused-ring (bicyclic) bond motifs is 2. The van der Waals surface area contributed by atoms with Crippen LogP contribution in [0.4, 0.5) is 0 Å². The van der Waals surface area contributed by atoms with E-state index in [-0.39, 0.29) is 24.8 Å². The zero-order valence-electron chi connectivity index (χ0n) is 16.3. The summed E-state index contributed by atoms with van der Waals surface area (Å²) in [5, 5.41) is 0. The summed E-state index contributed by atoms with van der Waals surface area (Å²) >= 11 is -0.640. The third-order valence-electron chi connectivity index (χ3n) is 5.53. The van der Waals surface area contributed by atoms with Crippen LogP contribution in [0.1, 0.15) is 80.2 Å². The van der Waals surface area contributed by atoms with Gasteiger partial charge in [-0.05, 0) is 0 Å². The Hall–Kier alpha value is -0.617. The molecule has 2 unspecified atom stereocenters. The third kappa shape index (κ3) is 4.21. The van der Waals surface area contributed by atoms with Gasteiger partial charge in [-0.3, -0.25) is 0 Å². The van der Waals surface area contributed by atoms with Gasteiger partial charge in [-0.15, -0.1) is 0 Å². The molecule has 27 heavy (non-hydrogen) atoms. The summed E-state index contributed by atoms with van der Waals surface area (Å²) in [6, 6.07) is 13.9. The first-order chi connectivity index (χ1) is 12.1. The van der Waals surface area contributed by atoms with E-state index in [2.05, 4.69) is 88.4 Å². The molecule has 0 aliphatic heterocycles. The van der Waals surface area contributed by atoms with Gasteiger partial charge in [0.05, 0.1) is 0 Å². The zero-order valence-corrected chi connectivity index (χ0v) is 20.3. The fraction of sp³-hybridized carbons (Fsp3) is 0.333. The topological polar surface area (TPSA) is 0 Å². The first-order valence-electron chi connectivity index (χ1n) is 9.44. The average Bonchev–Trinajstić information content (AvgIpc) is 3.19. The van der Waals surface area contributed by atoms with Crippen LogP contribution in [0.2, 0.25) is 0 Å². The molecule has 0 fully saturated rings. The largest absolute Gasteiger partial charge is 1.00 e. The summed E-state index contributed by atoms with van der Waals surface area (Å²) in [7, 11) is 0. The van der Waals surface area contributed by atoms with Crippen molar-refractivity contribution in [1.82, 2.24) is 0 Å². The molecular weight excluding hydrogens is 450 g/mol. The Bertz CT molecular complexity index is 793. The van der Waals surface area contributed by atoms with Crippen LogP contribution < -0.4 is 24.8 Å². The summed E-state index contributed by atoms with van der Waals surface area (Å²) in [5.74, 6) is 1.20. The number of halogens is 2. The summed E-state index contributed by atoms with van der Waals surface area (Å²) in [6.07, 6.45) is 9.81. The van der Waals surface area contributed by atoms with Crippen molar-refractivity contribution in [3.63, 3.8) is 0 Å². The summed E-state index contributed by atoms with van der Waals surface area (Å²) in [5.41, 5.74) is 9.25. The van der Waals surface area contributed by atoms with Gasteiger partial charge >= 0.3 is 164 Å². The van der Waals surface area contributed by atoms with Crippen molar-refractivity contribution in [2.24, 2.45) is 0 Å². The van der Waals surface area contributed by atoms with Gasteiger partial charge in [0, 0.05) is 0 Å². The van der Waals surface area contributed by atoms with Gasteiger partial charge < -0.3 is 24.8 Å². The minimum absolute atomic E-state index is 0. The number of benzene rings is 2. The molecule has 3 heteroatoms. The molecule has 0 radical (unpaired) electrons. The SMILES string of the molecule is CC(C)c1cccc2c1C=C[CH]2[Zr+2][CH]1C=Cc2c(C(C)C)cccc21.[Cl-].[Cl-]. The predicted octanol–water partition coefficient (Wildman–Crippen LogP) is 0.860. The second-order valence-corrected chi connectivity index (χ2v) is 11.7. The van der Waals surface area contributed by atoms with E-state index in [4.69, 9.17) is 0 Å². The molecule has 0 heterocycles. The first-order valence-corrected chi connectivity index (χ1v) is 12.3. The second kappa shape index (κ2) is 9.25. The molecule has 0 saturated heterocycles. The van der Waals surface area contributed by atoms with Crippen LogP contribution in [-0.2, 0) is 23.2 Å². The minimum atomic E-state index is -0.640. The monoisotopic (exact) mass is 474 g/mol.